The molecule has 0 saturated carbocycles. The van der Waals surface area contributed by atoms with E-state index >= 15 is 0 Å². The summed E-state index contributed by atoms with van der Waals surface area (Å²) in [6, 6.07) is 0. The number of aromatic nitrogens is 2. The van der Waals surface area contributed by atoms with Crippen LogP contribution < -0.4 is 5.59 Å². The lowest BCUT2D eigenvalue weighted by molar-refractivity contribution is 0.00578. The SMILES string of the molecule is CC(C)(C)OC(=O)N1CCC(c2cncc(B3OC(C)(C)C(C)(C)O3)n2)C1. The molecule has 1 amide bonds. The van der Waals surface area contributed by atoms with E-state index in [4.69, 9.17) is 19.0 Å². The van der Waals surface area contributed by atoms with Gasteiger partial charge in [-0.25, -0.2) is 4.79 Å². The maximum Gasteiger partial charge on any atom is 0.516 e. The molecule has 2 aliphatic rings. The van der Waals surface area contributed by atoms with E-state index in [1.165, 1.54) is 0 Å². The predicted octanol–water partition coefficient (Wildman–Crippen LogP) is 2.50. The van der Waals surface area contributed by atoms with Crippen LogP contribution in [0.3, 0.4) is 0 Å². The summed E-state index contributed by atoms with van der Waals surface area (Å²) in [5, 5.41) is 0. The standard InChI is InChI=1S/C19H30BN3O4/c1-17(2,3)25-16(24)23-9-8-13(12-23)14-10-21-11-15(22-14)20-26-18(4,5)19(6,7)27-20/h10-11,13H,8-9,12H2,1-7H3. The first-order chi connectivity index (χ1) is 12.4. The van der Waals surface area contributed by atoms with Crippen LogP contribution in [-0.4, -0.2) is 58.0 Å². The minimum absolute atomic E-state index is 0.132. The van der Waals surface area contributed by atoms with Crippen molar-refractivity contribution in [3.63, 3.8) is 0 Å². The smallest absolute Gasteiger partial charge is 0.444 e. The van der Waals surface area contributed by atoms with Crippen molar-refractivity contribution >= 4 is 18.8 Å². The second-order valence-electron chi connectivity index (χ2n) is 9.37. The fraction of sp³-hybridized carbons (Fsp3) is 0.737. The highest BCUT2D eigenvalue weighted by Gasteiger charge is 2.52. The quantitative estimate of drug-likeness (QED) is 0.740. The number of nitrogens with zero attached hydrogens (tertiary/aromatic N) is 3. The Labute approximate surface area is 161 Å². The number of ether oxygens (including phenoxy) is 1. The van der Waals surface area contributed by atoms with Crippen molar-refractivity contribution in [2.75, 3.05) is 13.1 Å². The fourth-order valence-corrected chi connectivity index (χ4v) is 3.16. The van der Waals surface area contributed by atoms with Gasteiger partial charge in [-0.3, -0.25) is 9.97 Å². The number of rotatable bonds is 2. The maximum atomic E-state index is 12.3. The molecule has 1 aromatic rings. The Bertz CT molecular complexity index is 701. The van der Waals surface area contributed by atoms with Gasteiger partial charge in [0.05, 0.1) is 22.5 Å². The van der Waals surface area contributed by atoms with Gasteiger partial charge < -0.3 is 18.9 Å². The molecule has 1 unspecified atom stereocenters. The maximum absolute atomic E-state index is 12.3. The van der Waals surface area contributed by atoms with Crippen LogP contribution in [0.4, 0.5) is 4.79 Å². The Hall–Kier alpha value is -1.67. The van der Waals surface area contributed by atoms with Crippen LogP contribution in [-0.2, 0) is 14.0 Å². The molecule has 0 spiro atoms. The lowest BCUT2D eigenvalue weighted by atomic mass is 9.85. The number of carbonyl (C=O) groups is 1. The molecule has 2 fully saturated rings. The first kappa shape index (κ1) is 20.1. The molecule has 0 bridgehead atoms. The number of hydrogen-bond donors (Lipinski definition) is 0. The minimum Gasteiger partial charge on any atom is -0.444 e. The van der Waals surface area contributed by atoms with Crippen LogP contribution in [0, 0.1) is 0 Å². The van der Waals surface area contributed by atoms with Crippen LogP contribution in [0.1, 0.15) is 66.5 Å². The molecule has 2 saturated heterocycles. The zero-order valence-corrected chi connectivity index (χ0v) is 17.4. The Morgan fingerprint density at radius 2 is 1.85 bits per heavy atom. The van der Waals surface area contributed by atoms with E-state index in [1.54, 1.807) is 17.3 Å². The Morgan fingerprint density at radius 1 is 1.22 bits per heavy atom. The third-order valence-corrected chi connectivity index (χ3v) is 5.42. The molecule has 8 heteroatoms. The van der Waals surface area contributed by atoms with Crippen LogP contribution >= 0.6 is 0 Å². The Balaban J connectivity index is 1.70. The molecule has 1 atom stereocenters. The molecule has 3 heterocycles. The summed E-state index contributed by atoms with van der Waals surface area (Å²) in [7, 11) is -0.536. The van der Waals surface area contributed by atoms with E-state index in [2.05, 4.69) is 4.98 Å². The summed E-state index contributed by atoms with van der Waals surface area (Å²) in [5.41, 5.74) is 0.188. The van der Waals surface area contributed by atoms with E-state index in [9.17, 15) is 4.79 Å². The molecule has 27 heavy (non-hydrogen) atoms. The monoisotopic (exact) mass is 375 g/mol. The molecule has 148 valence electrons. The van der Waals surface area contributed by atoms with Crippen molar-refractivity contribution in [3.05, 3.63) is 18.1 Å². The van der Waals surface area contributed by atoms with Gasteiger partial charge in [0.1, 0.15) is 5.60 Å². The molecule has 7 nitrogen and oxygen atoms in total. The summed E-state index contributed by atoms with van der Waals surface area (Å²) in [4.78, 5) is 23.1. The molecule has 0 aliphatic carbocycles. The predicted molar refractivity (Wildman–Crippen MR) is 103 cm³/mol. The highest BCUT2D eigenvalue weighted by atomic mass is 16.7. The number of hydrogen-bond acceptors (Lipinski definition) is 6. The van der Waals surface area contributed by atoms with E-state index in [0.717, 1.165) is 12.1 Å². The van der Waals surface area contributed by atoms with Crippen LogP contribution in [0.2, 0.25) is 0 Å². The average Bonchev–Trinajstić information content (AvgIpc) is 3.09. The molecule has 0 radical (unpaired) electrons. The minimum atomic E-state index is -0.536. The van der Waals surface area contributed by atoms with Gasteiger partial charge in [-0.15, -0.1) is 0 Å². The second kappa shape index (κ2) is 6.74. The lowest BCUT2D eigenvalue weighted by Crippen LogP contribution is -2.41. The molecular formula is C19H30BN3O4. The summed E-state index contributed by atoms with van der Waals surface area (Å²) in [5.74, 6) is 0.132. The van der Waals surface area contributed by atoms with Gasteiger partial charge in [-0.05, 0) is 54.9 Å². The molecule has 2 aliphatic heterocycles. The normalized spacial score (nSPS) is 24.3. The number of carbonyl (C=O) groups excluding carboxylic acids is 1. The summed E-state index contributed by atoms with van der Waals surface area (Å²) in [6.45, 7) is 14.9. The van der Waals surface area contributed by atoms with Gasteiger partial charge in [0.15, 0.2) is 0 Å². The summed E-state index contributed by atoms with van der Waals surface area (Å²) >= 11 is 0. The van der Waals surface area contributed by atoms with Crippen LogP contribution in [0.5, 0.6) is 0 Å². The lowest BCUT2D eigenvalue weighted by Gasteiger charge is -2.32. The summed E-state index contributed by atoms with van der Waals surface area (Å²) in [6.07, 6.45) is 4.00. The van der Waals surface area contributed by atoms with Gasteiger partial charge >= 0.3 is 13.2 Å². The average molecular weight is 375 g/mol. The highest BCUT2D eigenvalue weighted by molar-refractivity contribution is 6.61. The molecular weight excluding hydrogens is 345 g/mol. The van der Waals surface area contributed by atoms with Crippen molar-refractivity contribution < 1.29 is 18.8 Å². The zero-order chi connectivity index (χ0) is 20.0. The Morgan fingerprint density at radius 3 is 2.44 bits per heavy atom. The topological polar surface area (TPSA) is 73.8 Å². The van der Waals surface area contributed by atoms with Crippen molar-refractivity contribution in [2.24, 2.45) is 0 Å². The van der Waals surface area contributed by atoms with Crippen molar-refractivity contribution in [3.8, 4) is 0 Å². The van der Waals surface area contributed by atoms with E-state index in [0.29, 0.717) is 18.7 Å². The Kier molecular flexibility index (Phi) is 5.01. The van der Waals surface area contributed by atoms with Gasteiger partial charge in [0.2, 0.25) is 0 Å². The third-order valence-electron chi connectivity index (χ3n) is 5.42. The van der Waals surface area contributed by atoms with Crippen LogP contribution in [0.15, 0.2) is 12.4 Å². The van der Waals surface area contributed by atoms with Crippen molar-refractivity contribution in [1.29, 1.82) is 0 Å². The highest BCUT2D eigenvalue weighted by Crippen LogP contribution is 2.36. The molecule has 0 aromatic carbocycles. The summed E-state index contributed by atoms with van der Waals surface area (Å²) < 4.78 is 17.6. The van der Waals surface area contributed by atoms with Crippen LogP contribution in [0.25, 0.3) is 0 Å². The fourth-order valence-electron chi connectivity index (χ4n) is 3.16. The first-order valence-corrected chi connectivity index (χ1v) is 9.53. The van der Waals surface area contributed by atoms with Crippen molar-refractivity contribution in [1.82, 2.24) is 14.9 Å². The first-order valence-electron chi connectivity index (χ1n) is 9.53. The zero-order valence-electron chi connectivity index (χ0n) is 17.4. The molecule has 0 N–H and O–H groups in total. The van der Waals surface area contributed by atoms with Crippen molar-refractivity contribution in [2.45, 2.75) is 77.6 Å². The van der Waals surface area contributed by atoms with Gasteiger partial charge in [0, 0.05) is 31.4 Å². The van der Waals surface area contributed by atoms with E-state index in [-0.39, 0.29) is 12.0 Å². The number of likely N-dealkylation sites (tertiary alicyclic amines) is 1. The van der Waals surface area contributed by atoms with E-state index in [1.807, 2.05) is 48.5 Å². The largest absolute Gasteiger partial charge is 0.516 e. The van der Waals surface area contributed by atoms with Gasteiger partial charge in [0.25, 0.3) is 0 Å². The van der Waals surface area contributed by atoms with Gasteiger partial charge in [-0.2, -0.15) is 0 Å². The molecule has 1 aromatic heterocycles. The van der Waals surface area contributed by atoms with E-state index < -0.39 is 23.9 Å². The second-order valence-corrected chi connectivity index (χ2v) is 9.37. The molecule has 3 rings (SSSR count). The van der Waals surface area contributed by atoms with Gasteiger partial charge in [-0.1, -0.05) is 0 Å². The third kappa shape index (κ3) is 4.27. The number of amides is 1.